The van der Waals surface area contributed by atoms with E-state index in [1.54, 1.807) is 27.9 Å². The molecule has 2 saturated heterocycles. The second-order valence-corrected chi connectivity index (χ2v) is 17.8. The smallest absolute Gasteiger partial charge is 0.315 e. The minimum atomic E-state index is -1.13. The van der Waals surface area contributed by atoms with Gasteiger partial charge in [0.1, 0.15) is 24.2 Å². The molecule has 0 aromatic heterocycles. The molecule has 8 amide bonds. The van der Waals surface area contributed by atoms with Gasteiger partial charge in [-0.2, -0.15) is 0 Å². The maximum atomic E-state index is 14.3. The van der Waals surface area contributed by atoms with Crippen LogP contribution in [-0.4, -0.2) is 127 Å². The number of fused-ring (bicyclic) bond motifs is 2. The van der Waals surface area contributed by atoms with Gasteiger partial charge in [-0.15, -0.1) is 24.7 Å². The monoisotopic (exact) mass is 904 g/mol. The van der Waals surface area contributed by atoms with Crippen molar-refractivity contribution < 1.29 is 33.6 Å². The molecule has 1 unspecified atom stereocenters. The standard InChI is InChI=1S/C49H64N10O7/c1-7-15-39(56-43(60)29(3)50-5)47(64)58-27-33(25-41(58)45(62)54-37-23-13-19-31-17-9-11-21-35(31)37)52-49(66)53-34-26-42(46(63)55-38-24-14-20-32-18-10-12-22-36(32)38)59(28-34)48(65)40(16-8-2)57-44(61)30(4)51-6/h1-2,9-12,17-18,21-22,29-30,33-34,37-42,50-51H,13-16,19-20,23-28H2,3-6H3,(H,54,62)(H,55,63)(H,56,60)(H,57,61)(H2,52,53,66)/t29-,30-,33-,34-,37+,38+,39-,40-,41-,42?/m0/s1. The minimum absolute atomic E-state index is 0.0602. The predicted octanol–water partition coefficient (Wildman–Crippen LogP) is 0.844. The van der Waals surface area contributed by atoms with E-state index < -0.39 is 89.8 Å². The van der Waals surface area contributed by atoms with Gasteiger partial charge in [0.25, 0.3) is 0 Å². The molecule has 4 aliphatic rings. The summed E-state index contributed by atoms with van der Waals surface area (Å²) in [6.45, 7) is 3.16. The van der Waals surface area contributed by atoms with Gasteiger partial charge in [-0.3, -0.25) is 28.8 Å². The molecule has 8 N–H and O–H groups in total. The Hall–Kier alpha value is -6.43. The quantitative estimate of drug-likeness (QED) is 0.112. The Morgan fingerprint density at radius 1 is 0.621 bits per heavy atom. The maximum Gasteiger partial charge on any atom is 0.315 e. The van der Waals surface area contributed by atoms with Gasteiger partial charge in [0.15, 0.2) is 0 Å². The number of terminal acetylenes is 2. The molecular formula is C49H64N10O7. The van der Waals surface area contributed by atoms with E-state index in [-0.39, 0.29) is 50.9 Å². The number of nitrogens with one attached hydrogen (secondary N) is 8. The van der Waals surface area contributed by atoms with Crippen molar-refractivity contribution in [1.82, 2.24) is 52.3 Å². The summed E-state index contributed by atoms with van der Waals surface area (Å²) in [5.74, 6) is 2.12. The molecule has 2 aliphatic heterocycles. The van der Waals surface area contributed by atoms with Gasteiger partial charge in [0, 0.05) is 25.9 Å². The molecule has 10 atom stereocenters. The van der Waals surface area contributed by atoms with Gasteiger partial charge in [-0.05, 0) is 102 Å². The van der Waals surface area contributed by atoms with Crippen molar-refractivity contribution in [3.05, 3.63) is 70.8 Å². The van der Waals surface area contributed by atoms with Crippen molar-refractivity contribution in [3.63, 3.8) is 0 Å². The number of likely N-dealkylation sites (tertiary alicyclic amines) is 2. The van der Waals surface area contributed by atoms with Gasteiger partial charge >= 0.3 is 6.03 Å². The summed E-state index contributed by atoms with van der Waals surface area (Å²) >= 11 is 0. The van der Waals surface area contributed by atoms with E-state index in [1.165, 1.54) is 9.80 Å². The lowest BCUT2D eigenvalue weighted by atomic mass is 9.87. The van der Waals surface area contributed by atoms with Gasteiger partial charge in [0.05, 0.1) is 36.3 Å². The number of likely N-dealkylation sites (N-methyl/N-ethyl adjacent to an activating group) is 2. The highest BCUT2D eigenvalue weighted by Gasteiger charge is 2.46. The van der Waals surface area contributed by atoms with Crippen LogP contribution in [-0.2, 0) is 41.6 Å². The number of amides is 8. The molecule has 2 fully saturated rings. The largest absolute Gasteiger partial charge is 0.347 e. The second-order valence-electron chi connectivity index (χ2n) is 17.8. The number of urea groups is 1. The Labute approximate surface area is 387 Å². The Kier molecular flexibility index (Phi) is 16.8. The number of carbonyl (C=O) groups is 7. The first-order chi connectivity index (χ1) is 31.8. The molecule has 352 valence electrons. The molecule has 0 spiro atoms. The van der Waals surface area contributed by atoms with Crippen LogP contribution in [0.25, 0.3) is 0 Å². The average Bonchev–Trinajstić information content (AvgIpc) is 3.95. The summed E-state index contributed by atoms with van der Waals surface area (Å²) < 4.78 is 0. The summed E-state index contributed by atoms with van der Waals surface area (Å²) in [4.78, 5) is 99.7. The number of aryl methyl sites for hydroxylation is 2. The lowest BCUT2D eigenvalue weighted by molar-refractivity contribution is -0.141. The van der Waals surface area contributed by atoms with Gasteiger partial charge < -0.3 is 52.3 Å². The van der Waals surface area contributed by atoms with Gasteiger partial charge in [0.2, 0.25) is 35.4 Å². The number of rotatable bonds is 16. The van der Waals surface area contributed by atoms with E-state index in [0.29, 0.717) is 12.8 Å². The van der Waals surface area contributed by atoms with Crippen LogP contribution in [0.4, 0.5) is 4.79 Å². The zero-order chi connectivity index (χ0) is 47.5. The summed E-state index contributed by atoms with van der Waals surface area (Å²) in [6, 6.07) is 7.69. The van der Waals surface area contributed by atoms with Crippen LogP contribution in [0.3, 0.4) is 0 Å². The molecule has 2 aliphatic carbocycles. The zero-order valence-electron chi connectivity index (χ0n) is 38.3. The number of nitrogens with zero attached hydrogens (tertiary/aromatic N) is 2. The van der Waals surface area contributed by atoms with Crippen LogP contribution in [0, 0.1) is 24.7 Å². The van der Waals surface area contributed by atoms with E-state index >= 15 is 0 Å². The van der Waals surface area contributed by atoms with Crippen molar-refractivity contribution in [3.8, 4) is 24.7 Å². The normalized spacial score (nSPS) is 23.8. The van der Waals surface area contributed by atoms with Crippen LogP contribution in [0.5, 0.6) is 0 Å². The van der Waals surface area contributed by atoms with Crippen LogP contribution >= 0.6 is 0 Å². The summed E-state index contributed by atoms with van der Waals surface area (Å²) in [6.07, 6.45) is 16.1. The first-order valence-electron chi connectivity index (χ1n) is 23.0. The average molecular weight is 905 g/mol. The summed E-state index contributed by atoms with van der Waals surface area (Å²) in [5.41, 5.74) is 4.32. The number of hydrogen-bond acceptors (Lipinski definition) is 9. The molecule has 2 aromatic rings. The molecule has 0 radical (unpaired) electrons. The van der Waals surface area contributed by atoms with Crippen molar-refractivity contribution in [2.75, 3.05) is 27.2 Å². The Bertz CT molecular complexity index is 2070. The number of benzene rings is 2. The summed E-state index contributed by atoms with van der Waals surface area (Å²) in [5, 5.41) is 23.3. The third-order valence-electron chi connectivity index (χ3n) is 13.3. The molecule has 6 rings (SSSR count). The molecule has 66 heavy (non-hydrogen) atoms. The second kappa shape index (κ2) is 22.7. The van der Waals surface area contributed by atoms with Crippen molar-refractivity contribution in [2.24, 2.45) is 0 Å². The van der Waals surface area contributed by atoms with Crippen LogP contribution in [0.1, 0.15) is 99.6 Å². The third kappa shape index (κ3) is 11.7. The third-order valence-corrected chi connectivity index (χ3v) is 13.3. The first-order valence-corrected chi connectivity index (χ1v) is 23.0. The SMILES string of the molecule is C#CC[C@H](NC(=O)[C@H](C)NC)C(=O)N1C[C@@H](NC(=O)N[C@H]2C[C@@H](C(=O)N[C@@H]3CCCc4ccccc43)N(C(=O)[C@H](CC#C)NC(=O)[C@H](C)NC)C2)CC1C(=O)N[C@@H]1CCCc2ccccc21. The molecule has 0 saturated carbocycles. The number of hydrogen-bond donors (Lipinski definition) is 8. The molecular weight excluding hydrogens is 841 g/mol. The lowest BCUT2D eigenvalue weighted by Gasteiger charge is -2.31. The molecule has 2 heterocycles. The fourth-order valence-electron chi connectivity index (χ4n) is 9.51. The van der Waals surface area contributed by atoms with Crippen molar-refractivity contribution in [2.45, 2.75) is 138 Å². The van der Waals surface area contributed by atoms with Gasteiger partial charge in [-0.25, -0.2) is 4.79 Å². The first kappa shape index (κ1) is 49.0. The van der Waals surface area contributed by atoms with E-state index in [1.807, 2.05) is 48.5 Å². The van der Waals surface area contributed by atoms with Crippen LogP contribution < -0.4 is 42.5 Å². The van der Waals surface area contributed by atoms with E-state index in [4.69, 9.17) is 12.8 Å². The molecule has 2 aromatic carbocycles. The minimum Gasteiger partial charge on any atom is -0.347 e. The van der Waals surface area contributed by atoms with Crippen LogP contribution in [0.15, 0.2) is 48.5 Å². The lowest BCUT2D eigenvalue weighted by Crippen LogP contribution is -2.56. The van der Waals surface area contributed by atoms with Crippen LogP contribution in [0.2, 0.25) is 0 Å². The fraction of sp³-hybridized carbons (Fsp3) is 0.531. The molecule has 17 nitrogen and oxygen atoms in total. The highest BCUT2D eigenvalue weighted by molar-refractivity contribution is 5.95. The van der Waals surface area contributed by atoms with Crippen molar-refractivity contribution in [1.29, 1.82) is 0 Å². The predicted molar refractivity (Wildman–Crippen MR) is 248 cm³/mol. The van der Waals surface area contributed by atoms with Crippen molar-refractivity contribution >= 4 is 41.5 Å². The number of carbonyl (C=O) groups excluding carboxylic acids is 7. The van der Waals surface area contributed by atoms with E-state index in [9.17, 15) is 33.6 Å². The Morgan fingerprint density at radius 3 is 1.39 bits per heavy atom. The highest BCUT2D eigenvalue weighted by Crippen LogP contribution is 2.32. The topological polar surface area (TPSA) is 222 Å². The van der Waals surface area contributed by atoms with E-state index in [0.717, 1.165) is 47.9 Å². The Balaban J connectivity index is 1.20. The maximum absolute atomic E-state index is 14.3. The fourth-order valence-corrected chi connectivity index (χ4v) is 9.51. The molecule has 0 bridgehead atoms. The zero-order valence-corrected chi connectivity index (χ0v) is 38.3. The van der Waals surface area contributed by atoms with Gasteiger partial charge in [-0.1, -0.05) is 48.5 Å². The van der Waals surface area contributed by atoms with E-state index in [2.05, 4.69) is 54.4 Å². The highest BCUT2D eigenvalue weighted by atomic mass is 16.2. The summed E-state index contributed by atoms with van der Waals surface area (Å²) in [7, 11) is 3.23. The molecule has 17 heteroatoms. The Morgan fingerprint density at radius 2 is 1.02 bits per heavy atom.